The van der Waals surface area contributed by atoms with Gasteiger partial charge in [-0.2, -0.15) is 0 Å². The van der Waals surface area contributed by atoms with Crippen molar-refractivity contribution in [1.82, 2.24) is 20.1 Å². The van der Waals surface area contributed by atoms with E-state index < -0.39 is 0 Å². The van der Waals surface area contributed by atoms with Crippen molar-refractivity contribution in [2.45, 2.75) is 43.9 Å². The lowest BCUT2D eigenvalue weighted by Gasteiger charge is -2.29. The highest BCUT2D eigenvalue weighted by Crippen LogP contribution is 2.32. The summed E-state index contributed by atoms with van der Waals surface area (Å²) < 4.78 is 12.9. The third kappa shape index (κ3) is 4.51. The minimum Gasteiger partial charge on any atom is -0.454 e. The SMILES string of the molecule is CCn1c(SC)nnc1[C@@H]1CCC[NH+](CC(=O)NCc2ccc3c(c2)OCO3)C1. The molecule has 0 aliphatic carbocycles. The van der Waals surface area contributed by atoms with E-state index in [0.717, 1.165) is 60.5 Å². The molecule has 2 N–H and O–H groups in total. The van der Waals surface area contributed by atoms with Crippen LogP contribution in [-0.2, 0) is 17.9 Å². The Labute approximate surface area is 175 Å². The first-order valence-electron chi connectivity index (χ1n) is 10.1. The van der Waals surface area contributed by atoms with Crippen molar-refractivity contribution in [3.8, 4) is 11.5 Å². The summed E-state index contributed by atoms with van der Waals surface area (Å²) in [5.74, 6) is 2.99. The van der Waals surface area contributed by atoms with Gasteiger partial charge in [-0.25, -0.2) is 0 Å². The number of hydrogen-bond acceptors (Lipinski definition) is 6. The minimum absolute atomic E-state index is 0.0695. The molecule has 8 nitrogen and oxygen atoms in total. The Balaban J connectivity index is 1.31. The van der Waals surface area contributed by atoms with Crippen molar-refractivity contribution >= 4 is 17.7 Å². The van der Waals surface area contributed by atoms with Gasteiger partial charge in [0.2, 0.25) is 6.79 Å². The summed E-state index contributed by atoms with van der Waals surface area (Å²) in [6, 6.07) is 5.77. The molecule has 1 aromatic carbocycles. The lowest BCUT2D eigenvalue weighted by atomic mass is 9.97. The van der Waals surface area contributed by atoms with E-state index in [0.29, 0.717) is 19.0 Å². The number of ether oxygens (including phenoxy) is 2. The number of hydrogen-bond donors (Lipinski definition) is 2. The largest absolute Gasteiger partial charge is 0.454 e. The molecule has 1 aromatic heterocycles. The molecular formula is C20H28N5O3S+. The first-order valence-corrected chi connectivity index (χ1v) is 11.4. The zero-order valence-corrected chi connectivity index (χ0v) is 17.8. The van der Waals surface area contributed by atoms with E-state index in [-0.39, 0.29) is 12.7 Å². The number of nitrogens with zero attached hydrogens (tertiary/aromatic N) is 3. The normalized spacial score (nSPS) is 20.6. The number of quaternary nitrogens is 1. The Morgan fingerprint density at radius 2 is 2.21 bits per heavy atom. The standard InChI is InChI=1S/C20H27N5O3S/c1-3-25-19(22-23-20(25)29-2)15-5-4-8-24(11-15)12-18(26)21-10-14-6-7-16-17(9-14)28-13-27-16/h6-7,9,15H,3-5,8,10-13H2,1-2H3,(H,21,26)/p+1/t15-/m1/s1. The van der Waals surface area contributed by atoms with E-state index in [1.165, 1.54) is 4.90 Å². The molecule has 0 radical (unpaired) electrons. The second-order valence-electron chi connectivity index (χ2n) is 7.47. The molecule has 2 atom stereocenters. The maximum absolute atomic E-state index is 12.5. The zero-order valence-electron chi connectivity index (χ0n) is 16.9. The summed E-state index contributed by atoms with van der Waals surface area (Å²) in [5, 5.41) is 12.8. The van der Waals surface area contributed by atoms with Crippen LogP contribution in [0.3, 0.4) is 0 Å². The molecular weight excluding hydrogens is 390 g/mol. The van der Waals surface area contributed by atoms with Crippen LogP contribution in [0.25, 0.3) is 0 Å². The molecule has 4 rings (SSSR count). The fourth-order valence-electron chi connectivity index (χ4n) is 4.12. The summed E-state index contributed by atoms with van der Waals surface area (Å²) in [6.45, 7) is 6.18. The smallest absolute Gasteiger partial charge is 0.275 e. The van der Waals surface area contributed by atoms with Crippen LogP contribution < -0.4 is 19.7 Å². The van der Waals surface area contributed by atoms with Crippen LogP contribution >= 0.6 is 11.8 Å². The number of carbonyl (C=O) groups excluding carboxylic acids is 1. The fraction of sp³-hybridized carbons (Fsp3) is 0.550. The van der Waals surface area contributed by atoms with Gasteiger partial charge in [-0.05, 0) is 43.7 Å². The highest BCUT2D eigenvalue weighted by molar-refractivity contribution is 7.98. The summed E-state index contributed by atoms with van der Waals surface area (Å²) in [6.07, 6.45) is 4.23. The van der Waals surface area contributed by atoms with Gasteiger partial charge in [0.25, 0.3) is 5.91 Å². The highest BCUT2D eigenvalue weighted by Gasteiger charge is 2.30. The monoisotopic (exact) mass is 418 g/mol. The number of aromatic nitrogens is 3. The predicted octanol–water partition coefficient (Wildman–Crippen LogP) is 0.827. The van der Waals surface area contributed by atoms with Crippen LogP contribution in [0.15, 0.2) is 23.4 Å². The van der Waals surface area contributed by atoms with Crippen LogP contribution in [0, 0.1) is 0 Å². The van der Waals surface area contributed by atoms with Gasteiger partial charge in [0, 0.05) is 13.1 Å². The van der Waals surface area contributed by atoms with Gasteiger partial charge in [-0.1, -0.05) is 17.8 Å². The summed E-state index contributed by atoms with van der Waals surface area (Å²) in [4.78, 5) is 13.8. The fourth-order valence-corrected chi connectivity index (χ4v) is 4.69. The second kappa shape index (κ2) is 9.04. The van der Waals surface area contributed by atoms with Crippen LogP contribution in [0.2, 0.25) is 0 Å². The van der Waals surface area contributed by atoms with E-state index >= 15 is 0 Å². The Hall–Kier alpha value is -2.26. The molecule has 0 spiro atoms. The number of piperidine rings is 1. The van der Waals surface area contributed by atoms with Crippen molar-refractivity contribution in [1.29, 1.82) is 0 Å². The van der Waals surface area contributed by atoms with E-state index in [2.05, 4.69) is 27.0 Å². The molecule has 3 heterocycles. The average Bonchev–Trinajstić information content (AvgIpc) is 3.38. The number of thioether (sulfide) groups is 1. The van der Waals surface area contributed by atoms with Gasteiger partial charge in [0.1, 0.15) is 5.82 Å². The van der Waals surface area contributed by atoms with Crippen molar-refractivity contribution < 1.29 is 19.2 Å². The van der Waals surface area contributed by atoms with E-state index in [4.69, 9.17) is 9.47 Å². The van der Waals surface area contributed by atoms with Gasteiger partial charge >= 0.3 is 0 Å². The molecule has 2 aromatic rings. The quantitative estimate of drug-likeness (QED) is 0.648. The van der Waals surface area contributed by atoms with Gasteiger partial charge in [-0.15, -0.1) is 10.2 Å². The van der Waals surface area contributed by atoms with Crippen molar-refractivity contribution in [3.63, 3.8) is 0 Å². The summed E-state index contributed by atoms with van der Waals surface area (Å²) >= 11 is 1.63. The maximum Gasteiger partial charge on any atom is 0.275 e. The van der Waals surface area contributed by atoms with E-state index in [1.807, 2.05) is 24.5 Å². The summed E-state index contributed by atoms with van der Waals surface area (Å²) in [7, 11) is 0. The van der Waals surface area contributed by atoms with Crippen molar-refractivity contribution in [3.05, 3.63) is 29.6 Å². The van der Waals surface area contributed by atoms with E-state index in [9.17, 15) is 4.79 Å². The number of nitrogens with one attached hydrogen (secondary N) is 2. The molecule has 1 amide bonds. The maximum atomic E-state index is 12.5. The minimum atomic E-state index is 0.0695. The first-order chi connectivity index (χ1) is 14.2. The number of benzene rings is 1. The first kappa shape index (κ1) is 20.0. The number of amides is 1. The Kier molecular flexibility index (Phi) is 6.25. The number of likely N-dealkylation sites (tertiary alicyclic amines) is 1. The molecule has 29 heavy (non-hydrogen) atoms. The second-order valence-corrected chi connectivity index (χ2v) is 8.25. The molecule has 0 saturated carbocycles. The molecule has 2 aliphatic heterocycles. The third-order valence-electron chi connectivity index (χ3n) is 5.56. The van der Waals surface area contributed by atoms with Crippen LogP contribution in [0.1, 0.15) is 37.1 Å². The number of fused-ring (bicyclic) bond motifs is 1. The van der Waals surface area contributed by atoms with Crippen molar-refractivity contribution in [2.24, 2.45) is 0 Å². The lowest BCUT2D eigenvalue weighted by molar-refractivity contribution is -0.898. The molecule has 2 aliphatic rings. The third-order valence-corrected chi connectivity index (χ3v) is 6.23. The molecule has 9 heteroatoms. The Bertz CT molecular complexity index is 872. The molecule has 156 valence electrons. The summed E-state index contributed by atoms with van der Waals surface area (Å²) in [5.41, 5.74) is 1.01. The zero-order chi connectivity index (χ0) is 20.2. The van der Waals surface area contributed by atoms with Crippen LogP contribution in [0.5, 0.6) is 11.5 Å². The average molecular weight is 419 g/mol. The van der Waals surface area contributed by atoms with E-state index in [1.54, 1.807) is 11.8 Å². The number of carbonyl (C=O) groups is 1. The molecule has 1 saturated heterocycles. The Morgan fingerprint density at radius 1 is 1.34 bits per heavy atom. The van der Waals surface area contributed by atoms with Crippen LogP contribution in [0.4, 0.5) is 0 Å². The van der Waals surface area contributed by atoms with Gasteiger partial charge < -0.3 is 24.3 Å². The molecule has 1 fully saturated rings. The lowest BCUT2D eigenvalue weighted by Crippen LogP contribution is -3.14. The predicted molar refractivity (Wildman–Crippen MR) is 109 cm³/mol. The van der Waals surface area contributed by atoms with Gasteiger partial charge in [0.05, 0.1) is 19.0 Å². The molecule has 1 unspecified atom stereocenters. The molecule has 0 bridgehead atoms. The topological polar surface area (TPSA) is 82.7 Å². The van der Waals surface area contributed by atoms with Crippen molar-refractivity contribution in [2.75, 3.05) is 32.7 Å². The number of rotatable bonds is 7. The highest BCUT2D eigenvalue weighted by atomic mass is 32.2. The van der Waals surface area contributed by atoms with Crippen LogP contribution in [-0.4, -0.2) is 53.4 Å². The Morgan fingerprint density at radius 3 is 3.03 bits per heavy atom. The van der Waals surface area contributed by atoms with Gasteiger partial charge in [-0.3, -0.25) is 4.79 Å². The van der Waals surface area contributed by atoms with Gasteiger partial charge in [0.15, 0.2) is 23.2 Å².